The van der Waals surface area contributed by atoms with Crippen LogP contribution in [0.4, 0.5) is 0 Å². The third-order valence-electron chi connectivity index (χ3n) is 5.99. The Morgan fingerprint density at radius 2 is 1.67 bits per heavy atom. The molecule has 0 aromatic heterocycles. The van der Waals surface area contributed by atoms with E-state index in [0.29, 0.717) is 5.41 Å². The molecule has 1 nitrogen and oxygen atoms in total. The van der Waals surface area contributed by atoms with Crippen LogP contribution in [0.1, 0.15) is 36.8 Å². The maximum Gasteiger partial charge on any atom is 0.00134 e. The number of hydrogen-bond donors (Lipinski definition) is 1. The highest BCUT2D eigenvalue weighted by molar-refractivity contribution is 5.31. The van der Waals surface area contributed by atoms with Gasteiger partial charge in [-0.3, -0.25) is 0 Å². The normalized spacial score (nSPS) is 38.4. The summed E-state index contributed by atoms with van der Waals surface area (Å²) < 4.78 is 0. The Kier molecular flexibility index (Phi) is 2.51. The fraction of sp³-hybridized carbons (Fsp3) is 0.647. The highest BCUT2D eigenvalue weighted by atomic mass is 14.9. The predicted molar refractivity (Wildman–Crippen MR) is 74.6 cm³/mol. The molecule has 2 fully saturated rings. The van der Waals surface area contributed by atoms with E-state index in [1.807, 2.05) is 0 Å². The predicted octanol–water partition coefficient (Wildman–Crippen LogP) is 3.18. The molecule has 1 saturated carbocycles. The Morgan fingerprint density at radius 3 is 2.22 bits per heavy atom. The van der Waals surface area contributed by atoms with E-state index in [-0.39, 0.29) is 0 Å². The van der Waals surface area contributed by atoms with E-state index in [1.54, 1.807) is 11.1 Å². The van der Waals surface area contributed by atoms with Crippen LogP contribution in [0.3, 0.4) is 0 Å². The molecule has 18 heavy (non-hydrogen) atoms. The van der Waals surface area contributed by atoms with Crippen LogP contribution in [0.5, 0.6) is 0 Å². The lowest BCUT2D eigenvalue weighted by Gasteiger charge is -2.43. The maximum absolute atomic E-state index is 3.70. The summed E-state index contributed by atoms with van der Waals surface area (Å²) in [7, 11) is 0. The van der Waals surface area contributed by atoms with Gasteiger partial charge in [-0.05, 0) is 73.4 Å². The minimum atomic E-state index is 0.636. The van der Waals surface area contributed by atoms with Crippen molar-refractivity contribution >= 4 is 0 Å². The number of fused-ring (bicyclic) bond motifs is 1. The van der Waals surface area contributed by atoms with Crippen molar-refractivity contribution in [2.24, 2.45) is 17.3 Å². The molecule has 4 rings (SSSR count). The monoisotopic (exact) mass is 241 g/mol. The van der Waals surface area contributed by atoms with E-state index in [4.69, 9.17) is 0 Å². The molecule has 0 amide bonds. The summed E-state index contributed by atoms with van der Waals surface area (Å²) in [5.74, 6) is 1.89. The van der Waals surface area contributed by atoms with Gasteiger partial charge in [0.1, 0.15) is 0 Å². The van der Waals surface area contributed by atoms with E-state index in [2.05, 4.69) is 29.6 Å². The smallest absolute Gasteiger partial charge is 0.00134 e. The lowest BCUT2D eigenvalue weighted by Crippen LogP contribution is -2.46. The van der Waals surface area contributed by atoms with E-state index >= 15 is 0 Å². The van der Waals surface area contributed by atoms with E-state index in [1.165, 1.54) is 51.6 Å². The van der Waals surface area contributed by atoms with Crippen molar-refractivity contribution in [3.05, 3.63) is 35.4 Å². The van der Waals surface area contributed by atoms with E-state index in [9.17, 15) is 0 Å². The summed E-state index contributed by atoms with van der Waals surface area (Å²) in [6, 6.07) is 9.20. The van der Waals surface area contributed by atoms with Gasteiger partial charge in [0.05, 0.1) is 0 Å². The van der Waals surface area contributed by atoms with Crippen LogP contribution in [0, 0.1) is 17.3 Å². The van der Waals surface area contributed by atoms with Gasteiger partial charge in [0.25, 0.3) is 0 Å². The molecular formula is C17H23N. The van der Waals surface area contributed by atoms with Crippen LogP contribution in [-0.2, 0) is 12.8 Å². The molecule has 2 bridgehead atoms. The minimum absolute atomic E-state index is 0.636. The third-order valence-corrected chi connectivity index (χ3v) is 5.99. The molecule has 1 aliphatic heterocycles. The average molecular weight is 241 g/mol. The molecule has 1 saturated heterocycles. The van der Waals surface area contributed by atoms with Gasteiger partial charge in [0.15, 0.2) is 0 Å². The van der Waals surface area contributed by atoms with Crippen molar-refractivity contribution in [1.29, 1.82) is 0 Å². The summed E-state index contributed by atoms with van der Waals surface area (Å²) in [6.45, 7) is 2.53. The van der Waals surface area contributed by atoms with Gasteiger partial charge < -0.3 is 5.32 Å². The van der Waals surface area contributed by atoms with E-state index < -0.39 is 0 Å². The van der Waals surface area contributed by atoms with Crippen LogP contribution in [0.15, 0.2) is 24.3 Å². The molecule has 1 aromatic carbocycles. The van der Waals surface area contributed by atoms with Crippen molar-refractivity contribution in [3.8, 4) is 0 Å². The molecule has 2 atom stereocenters. The van der Waals surface area contributed by atoms with Crippen molar-refractivity contribution in [2.45, 2.75) is 38.5 Å². The minimum Gasteiger partial charge on any atom is -0.316 e. The third kappa shape index (κ3) is 1.50. The van der Waals surface area contributed by atoms with Crippen molar-refractivity contribution in [3.63, 3.8) is 0 Å². The first-order chi connectivity index (χ1) is 8.88. The van der Waals surface area contributed by atoms with Gasteiger partial charge in [-0.25, -0.2) is 0 Å². The molecule has 96 valence electrons. The second-order valence-corrected chi connectivity index (χ2v) is 6.66. The van der Waals surface area contributed by atoms with Gasteiger partial charge in [-0.1, -0.05) is 24.3 Å². The Labute approximate surface area is 110 Å². The summed E-state index contributed by atoms with van der Waals surface area (Å²) in [5.41, 5.74) is 3.93. The summed E-state index contributed by atoms with van der Waals surface area (Å²) in [4.78, 5) is 0. The van der Waals surface area contributed by atoms with Crippen LogP contribution in [0.25, 0.3) is 0 Å². The lowest BCUT2D eigenvalue weighted by atomic mass is 9.66. The molecule has 2 aliphatic carbocycles. The first-order valence-electron chi connectivity index (χ1n) is 7.66. The SMILES string of the molecule is c1ccc2c(c1)CC1CCC(C2)C12CCCNC2. The summed E-state index contributed by atoms with van der Waals surface area (Å²) >= 11 is 0. The van der Waals surface area contributed by atoms with Crippen molar-refractivity contribution in [1.82, 2.24) is 5.32 Å². The van der Waals surface area contributed by atoms with E-state index in [0.717, 1.165) is 11.8 Å². The zero-order valence-corrected chi connectivity index (χ0v) is 11.1. The highest BCUT2D eigenvalue weighted by Crippen LogP contribution is 2.55. The van der Waals surface area contributed by atoms with Crippen LogP contribution in [0.2, 0.25) is 0 Å². The lowest BCUT2D eigenvalue weighted by molar-refractivity contribution is 0.0937. The quantitative estimate of drug-likeness (QED) is 0.735. The molecule has 1 heterocycles. The topological polar surface area (TPSA) is 12.0 Å². The Morgan fingerprint density at radius 1 is 1.00 bits per heavy atom. The first kappa shape index (κ1) is 11.0. The summed E-state index contributed by atoms with van der Waals surface area (Å²) in [5, 5.41) is 3.70. The van der Waals surface area contributed by atoms with Gasteiger partial charge in [0, 0.05) is 6.54 Å². The summed E-state index contributed by atoms with van der Waals surface area (Å²) in [6.07, 6.45) is 8.50. The second kappa shape index (κ2) is 4.09. The molecule has 3 aliphatic rings. The number of benzene rings is 1. The Hall–Kier alpha value is -0.820. The molecule has 1 N–H and O–H groups in total. The number of nitrogens with one attached hydrogen (secondary N) is 1. The zero-order valence-electron chi connectivity index (χ0n) is 11.1. The first-order valence-corrected chi connectivity index (χ1v) is 7.66. The largest absolute Gasteiger partial charge is 0.316 e. The van der Waals surface area contributed by atoms with Gasteiger partial charge in [0.2, 0.25) is 0 Å². The molecule has 0 radical (unpaired) electrons. The highest BCUT2D eigenvalue weighted by Gasteiger charge is 2.51. The molecule has 1 heteroatoms. The van der Waals surface area contributed by atoms with Crippen LogP contribution >= 0.6 is 0 Å². The van der Waals surface area contributed by atoms with Crippen LogP contribution in [-0.4, -0.2) is 13.1 Å². The van der Waals surface area contributed by atoms with Crippen molar-refractivity contribution in [2.75, 3.05) is 13.1 Å². The molecule has 1 aromatic rings. The maximum atomic E-state index is 3.70. The average Bonchev–Trinajstić information content (AvgIpc) is 2.63. The number of hydrogen-bond acceptors (Lipinski definition) is 1. The molecule has 2 unspecified atom stereocenters. The van der Waals surface area contributed by atoms with Crippen LogP contribution < -0.4 is 5.32 Å². The number of rotatable bonds is 0. The Bertz CT molecular complexity index is 410. The molecule has 1 spiro atoms. The fourth-order valence-electron chi connectivity index (χ4n) is 5.06. The standard InChI is InChI=1S/C17H23N/c1-2-5-14-11-16-7-6-15(10-13(14)4-1)17(16)8-3-9-18-12-17/h1-2,4-5,15-16,18H,3,6-12H2. The second-order valence-electron chi connectivity index (χ2n) is 6.66. The molecular weight excluding hydrogens is 218 g/mol. The number of piperidine rings is 1. The Balaban J connectivity index is 1.74. The van der Waals surface area contributed by atoms with Crippen molar-refractivity contribution < 1.29 is 0 Å². The zero-order chi connectivity index (χ0) is 12.0. The van der Waals surface area contributed by atoms with Gasteiger partial charge >= 0.3 is 0 Å². The fourth-order valence-corrected chi connectivity index (χ4v) is 5.06. The van der Waals surface area contributed by atoms with Gasteiger partial charge in [-0.15, -0.1) is 0 Å². The van der Waals surface area contributed by atoms with Gasteiger partial charge in [-0.2, -0.15) is 0 Å².